The lowest BCUT2D eigenvalue weighted by Crippen LogP contribution is -2.14. The number of amides is 1. The highest BCUT2D eigenvalue weighted by atomic mass is 79.9. The average Bonchev–Trinajstić information content (AvgIpc) is 3.11. The number of benzene rings is 2. The van der Waals surface area contributed by atoms with Gasteiger partial charge in [0.1, 0.15) is 11.2 Å². The molecule has 0 atom stereocenters. The molecular formula is C18H11BrFN5O2. The predicted octanol–water partition coefficient (Wildman–Crippen LogP) is 3.47. The molecule has 4 aromatic rings. The molecule has 0 saturated carbocycles. The number of carbonyl (C=O) groups excluding carboxylic acids is 1. The van der Waals surface area contributed by atoms with E-state index < -0.39 is 17.4 Å². The first kappa shape index (κ1) is 17.1. The number of nitrogens with one attached hydrogen (secondary N) is 3. The van der Waals surface area contributed by atoms with Crippen LogP contribution >= 0.6 is 15.9 Å². The number of anilines is 1. The van der Waals surface area contributed by atoms with Crippen LogP contribution in [-0.2, 0) is 0 Å². The standard InChI is InChI=1S/C18H11BrFN5O2/c19-12-6-4-9-5-7-13(22-15(9)14(12)20)17(26)21-11-3-1-2-10(8-11)16-23-18(27)25-24-16/h1-8H,(H,21,26)(H2,23,24,25,27). The quantitative estimate of drug-likeness (QED) is 0.465. The number of nitrogens with zero attached hydrogens (tertiary/aromatic N) is 2. The van der Waals surface area contributed by atoms with Gasteiger partial charge in [-0.25, -0.2) is 19.3 Å². The van der Waals surface area contributed by atoms with Gasteiger partial charge in [-0.05, 0) is 40.2 Å². The topological polar surface area (TPSA) is 104 Å². The molecule has 0 radical (unpaired) electrons. The Labute approximate surface area is 159 Å². The normalized spacial score (nSPS) is 10.9. The Balaban J connectivity index is 1.63. The maximum absolute atomic E-state index is 14.2. The van der Waals surface area contributed by atoms with Crippen LogP contribution in [-0.4, -0.2) is 26.1 Å². The third kappa shape index (κ3) is 3.36. The van der Waals surface area contributed by atoms with Gasteiger partial charge in [0.05, 0.1) is 4.47 Å². The van der Waals surface area contributed by atoms with Gasteiger partial charge in [-0.3, -0.25) is 9.78 Å². The van der Waals surface area contributed by atoms with Crippen LogP contribution in [0.4, 0.5) is 10.1 Å². The number of hydrogen-bond donors (Lipinski definition) is 3. The summed E-state index contributed by atoms with van der Waals surface area (Å²) in [6.07, 6.45) is 0. The fourth-order valence-electron chi connectivity index (χ4n) is 2.60. The van der Waals surface area contributed by atoms with Crippen LogP contribution in [0.25, 0.3) is 22.3 Å². The zero-order valence-electron chi connectivity index (χ0n) is 13.6. The van der Waals surface area contributed by atoms with Gasteiger partial charge < -0.3 is 5.32 Å². The van der Waals surface area contributed by atoms with E-state index in [0.29, 0.717) is 22.5 Å². The molecule has 2 aromatic carbocycles. The number of aromatic amines is 2. The summed E-state index contributed by atoms with van der Waals surface area (Å²) in [6.45, 7) is 0. The first-order chi connectivity index (χ1) is 13.0. The summed E-state index contributed by atoms with van der Waals surface area (Å²) < 4.78 is 14.5. The Morgan fingerprint density at radius 2 is 1.96 bits per heavy atom. The van der Waals surface area contributed by atoms with E-state index in [0.717, 1.165) is 0 Å². The van der Waals surface area contributed by atoms with Crippen LogP contribution < -0.4 is 11.0 Å². The third-order valence-corrected chi connectivity index (χ3v) is 4.49. The van der Waals surface area contributed by atoms with E-state index in [-0.39, 0.29) is 15.7 Å². The molecule has 0 spiro atoms. The van der Waals surface area contributed by atoms with Gasteiger partial charge in [0.2, 0.25) is 0 Å². The van der Waals surface area contributed by atoms with Crippen LogP contribution in [0.1, 0.15) is 10.5 Å². The smallest absolute Gasteiger partial charge is 0.321 e. The fraction of sp³-hybridized carbons (Fsp3) is 0. The zero-order chi connectivity index (χ0) is 19.0. The van der Waals surface area contributed by atoms with Crippen molar-refractivity contribution in [3.8, 4) is 11.4 Å². The molecule has 1 amide bonds. The van der Waals surface area contributed by atoms with E-state index in [1.807, 2.05) is 0 Å². The van der Waals surface area contributed by atoms with E-state index in [9.17, 15) is 14.0 Å². The van der Waals surface area contributed by atoms with E-state index in [4.69, 9.17) is 0 Å². The minimum atomic E-state index is -0.522. The van der Waals surface area contributed by atoms with E-state index in [1.54, 1.807) is 42.5 Å². The van der Waals surface area contributed by atoms with Gasteiger partial charge in [0.15, 0.2) is 11.6 Å². The molecule has 27 heavy (non-hydrogen) atoms. The Hall–Kier alpha value is -3.33. The monoisotopic (exact) mass is 427 g/mol. The second-order valence-corrected chi connectivity index (χ2v) is 6.55. The molecule has 7 nitrogen and oxygen atoms in total. The SMILES string of the molecule is O=C(Nc1cccc(-c2n[nH]c(=O)[nH]2)c1)c1ccc2ccc(Br)c(F)c2n1. The fourth-order valence-corrected chi connectivity index (χ4v) is 2.92. The van der Waals surface area contributed by atoms with E-state index >= 15 is 0 Å². The molecular weight excluding hydrogens is 417 g/mol. The first-order valence-electron chi connectivity index (χ1n) is 7.82. The second-order valence-electron chi connectivity index (χ2n) is 5.69. The maximum Gasteiger partial charge on any atom is 0.340 e. The van der Waals surface area contributed by atoms with Crippen LogP contribution in [0.2, 0.25) is 0 Å². The van der Waals surface area contributed by atoms with Gasteiger partial charge in [-0.1, -0.05) is 24.3 Å². The largest absolute Gasteiger partial charge is 0.340 e. The van der Waals surface area contributed by atoms with Crippen molar-refractivity contribution >= 4 is 38.4 Å². The van der Waals surface area contributed by atoms with Crippen molar-refractivity contribution < 1.29 is 9.18 Å². The highest BCUT2D eigenvalue weighted by Gasteiger charge is 2.13. The summed E-state index contributed by atoms with van der Waals surface area (Å²) in [5.74, 6) is -0.651. The highest BCUT2D eigenvalue weighted by molar-refractivity contribution is 9.10. The molecule has 3 N–H and O–H groups in total. The Kier molecular flexibility index (Phi) is 4.28. The summed E-state index contributed by atoms with van der Waals surface area (Å²) in [7, 11) is 0. The number of rotatable bonds is 3. The minimum absolute atomic E-state index is 0.0816. The number of pyridine rings is 1. The second kappa shape index (κ2) is 6.76. The molecule has 2 aromatic heterocycles. The molecule has 2 heterocycles. The molecule has 0 saturated heterocycles. The Morgan fingerprint density at radius 1 is 1.15 bits per heavy atom. The molecule has 0 aliphatic heterocycles. The van der Waals surface area contributed by atoms with Gasteiger partial charge >= 0.3 is 5.69 Å². The van der Waals surface area contributed by atoms with Crippen molar-refractivity contribution in [1.29, 1.82) is 0 Å². The van der Waals surface area contributed by atoms with Crippen LogP contribution in [0.15, 0.2) is 57.8 Å². The molecule has 0 unspecified atom stereocenters. The molecule has 134 valence electrons. The highest BCUT2D eigenvalue weighted by Crippen LogP contribution is 2.24. The zero-order valence-corrected chi connectivity index (χ0v) is 15.2. The van der Waals surface area contributed by atoms with Crippen molar-refractivity contribution in [2.24, 2.45) is 0 Å². The van der Waals surface area contributed by atoms with Crippen LogP contribution in [0, 0.1) is 5.82 Å². The number of carbonyl (C=O) groups is 1. The van der Waals surface area contributed by atoms with Crippen molar-refractivity contribution in [3.63, 3.8) is 0 Å². The van der Waals surface area contributed by atoms with Crippen molar-refractivity contribution in [1.82, 2.24) is 20.2 Å². The Bertz CT molecular complexity index is 1230. The summed E-state index contributed by atoms with van der Waals surface area (Å²) in [5.41, 5.74) is 0.872. The lowest BCUT2D eigenvalue weighted by Gasteiger charge is -2.07. The number of halogens is 2. The summed E-state index contributed by atoms with van der Waals surface area (Å²) in [6, 6.07) is 13.3. The van der Waals surface area contributed by atoms with Gasteiger partial charge in [-0.15, -0.1) is 0 Å². The molecule has 0 aliphatic carbocycles. The molecule has 0 fully saturated rings. The van der Waals surface area contributed by atoms with Gasteiger partial charge in [0, 0.05) is 16.6 Å². The summed E-state index contributed by atoms with van der Waals surface area (Å²) >= 11 is 3.11. The summed E-state index contributed by atoms with van der Waals surface area (Å²) in [4.78, 5) is 30.4. The lowest BCUT2D eigenvalue weighted by atomic mass is 10.1. The first-order valence-corrected chi connectivity index (χ1v) is 8.62. The lowest BCUT2D eigenvalue weighted by molar-refractivity contribution is 0.102. The molecule has 0 aliphatic rings. The molecule has 9 heteroatoms. The predicted molar refractivity (Wildman–Crippen MR) is 102 cm³/mol. The van der Waals surface area contributed by atoms with Crippen molar-refractivity contribution in [2.45, 2.75) is 0 Å². The average molecular weight is 428 g/mol. The van der Waals surface area contributed by atoms with E-state index in [2.05, 4.69) is 41.4 Å². The van der Waals surface area contributed by atoms with Crippen LogP contribution in [0.3, 0.4) is 0 Å². The number of hydrogen-bond acceptors (Lipinski definition) is 4. The van der Waals surface area contributed by atoms with Gasteiger partial charge in [-0.2, -0.15) is 5.10 Å². The molecule has 0 bridgehead atoms. The van der Waals surface area contributed by atoms with Crippen LogP contribution in [0.5, 0.6) is 0 Å². The van der Waals surface area contributed by atoms with Crippen molar-refractivity contribution in [2.75, 3.05) is 5.32 Å². The number of H-pyrrole nitrogens is 2. The third-order valence-electron chi connectivity index (χ3n) is 3.88. The van der Waals surface area contributed by atoms with Crippen molar-refractivity contribution in [3.05, 3.63) is 75.0 Å². The summed E-state index contributed by atoms with van der Waals surface area (Å²) in [5, 5.41) is 9.44. The van der Waals surface area contributed by atoms with E-state index in [1.165, 1.54) is 6.07 Å². The minimum Gasteiger partial charge on any atom is -0.321 e. The number of fused-ring (bicyclic) bond motifs is 1. The van der Waals surface area contributed by atoms with Gasteiger partial charge in [0.25, 0.3) is 5.91 Å². The molecule has 4 rings (SSSR count). The Morgan fingerprint density at radius 3 is 2.74 bits per heavy atom. The maximum atomic E-state index is 14.2. The number of aromatic nitrogens is 4.